The van der Waals surface area contributed by atoms with E-state index in [1.165, 1.54) is 26.2 Å². The summed E-state index contributed by atoms with van der Waals surface area (Å²) in [7, 11) is -3.78. The number of hydrogen-bond donors (Lipinski definition) is 2. The summed E-state index contributed by atoms with van der Waals surface area (Å²) in [5, 5.41) is 13.9. The lowest BCUT2D eigenvalue weighted by molar-refractivity contribution is -0.246. The van der Waals surface area contributed by atoms with Gasteiger partial charge in [-0.05, 0) is 138 Å². The lowest BCUT2D eigenvalue weighted by atomic mass is 9.32. The average Bonchev–Trinajstić information content (AvgIpc) is 3.56. The zero-order valence-electron chi connectivity index (χ0n) is 38.8. The predicted molar refractivity (Wildman–Crippen MR) is 234 cm³/mol. The molecule has 2 unspecified atom stereocenters. The van der Waals surface area contributed by atoms with Crippen LogP contribution in [0.25, 0.3) is 0 Å². The molecule has 0 radical (unpaired) electrons. The number of nitrogens with zero attached hydrogens (tertiary/aromatic N) is 1. The van der Waals surface area contributed by atoms with Crippen LogP contribution >= 0.6 is 7.60 Å². The number of allylic oxidation sites excluding steroid dienone is 1. The van der Waals surface area contributed by atoms with Gasteiger partial charge in [0.15, 0.2) is 9.84 Å². The van der Waals surface area contributed by atoms with Crippen LogP contribution in [0.2, 0.25) is 0 Å². The zero-order valence-corrected chi connectivity index (χ0v) is 40.5. The number of esters is 1. The second-order valence-corrected chi connectivity index (χ2v) is 26.7. The Kier molecular flexibility index (Phi) is 13.6. The Hall–Kier alpha value is -1.34. The molecule has 6 fully saturated rings. The smallest absolute Gasteiger partial charge is 0.355 e. The van der Waals surface area contributed by atoms with Gasteiger partial charge in [-0.25, -0.2) is 8.42 Å². The number of carboxylic acid groups (broad SMARTS) is 1. The summed E-state index contributed by atoms with van der Waals surface area (Å²) >= 11 is 0. The first kappa shape index (κ1) is 48.1. The minimum atomic E-state index is -3.41. The van der Waals surface area contributed by atoms with Gasteiger partial charge in [0.1, 0.15) is 12.5 Å². The molecule has 60 heavy (non-hydrogen) atoms. The number of rotatable bonds is 15. The van der Waals surface area contributed by atoms with E-state index in [1.54, 1.807) is 13.8 Å². The monoisotopic (exact) mass is 883 g/mol. The number of aliphatic carboxylic acids is 1. The molecule has 0 aromatic carbocycles. The van der Waals surface area contributed by atoms with Crippen molar-refractivity contribution in [3.05, 3.63) is 12.2 Å². The molecule has 12 nitrogen and oxygen atoms in total. The molecule has 5 aliphatic carbocycles. The summed E-state index contributed by atoms with van der Waals surface area (Å²) in [6.07, 6.45) is 9.77. The van der Waals surface area contributed by atoms with Gasteiger partial charge in [0.05, 0.1) is 29.4 Å². The molecule has 344 valence electrons. The van der Waals surface area contributed by atoms with Crippen LogP contribution in [-0.4, -0.2) is 106 Å². The quantitative estimate of drug-likeness (QED) is 0.0922. The van der Waals surface area contributed by atoms with Crippen molar-refractivity contribution < 1.29 is 46.2 Å². The van der Waals surface area contributed by atoms with Crippen molar-refractivity contribution >= 4 is 29.4 Å². The van der Waals surface area contributed by atoms with Gasteiger partial charge in [0.2, 0.25) is 0 Å². The molecule has 14 heteroatoms. The summed E-state index contributed by atoms with van der Waals surface area (Å²) in [5.74, 6) is 1.07. The number of carbonyl (C=O) groups is 2. The SMILES string of the molecule is C=C(C)[C@@H]1CC[C@]2(NCC(C(C)OCP(=O)(OC)OC)N3CCS(=O)(=O)CC3)CC[C@]3(C)[C@H](CC[C@@H]4[C@@]5(C)CC[C@H](OC(=O)CC(C)(C)C(=O)O)C(C)(C)[C@@H]5CC[C@]43C)[C@@H]12. The Morgan fingerprint density at radius 1 is 0.917 bits per heavy atom. The van der Waals surface area contributed by atoms with E-state index in [1.807, 2.05) is 6.92 Å². The lowest BCUT2D eigenvalue weighted by Crippen LogP contribution is -2.69. The fraction of sp³-hybridized carbons (Fsp3) is 0.913. The Balaban J connectivity index is 1.24. The van der Waals surface area contributed by atoms with Crippen LogP contribution in [0.15, 0.2) is 12.2 Å². The Morgan fingerprint density at radius 2 is 1.57 bits per heavy atom. The third-order valence-electron chi connectivity index (χ3n) is 18.6. The van der Waals surface area contributed by atoms with Crippen molar-refractivity contribution in [2.24, 2.45) is 56.7 Å². The predicted octanol–water partition coefficient (Wildman–Crippen LogP) is 8.35. The maximum atomic E-state index is 13.2. The van der Waals surface area contributed by atoms with Crippen LogP contribution < -0.4 is 5.32 Å². The molecule has 0 aromatic heterocycles. The lowest BCUT2D eigenvalue weighted by Gasteiger charge is -2.73. The van der Waals surface area contributed by atoms with E-state index in [9.17, 15) is 27.7 Å². The van der Waals surface area contributed by atoms with Crippen LogP contribution in [0.4, 0.5) is 0 Å². The summed E-state index contributed by atoms with van der Waals surface area (Å²) < 4.78 is 60.9. The van der Waals surface area contributed by atoms with E-state index in [-0.39, 0.29) is 69.7 Å². The van der Waals surface area contributed by atoms with Crippen LogP contribution in [0.1, 0.15) is 133 Å². The molecule has 0 bridgehead atoms. The van der Waals surface area contributed by atoms with E-state index in [0.29, 0.717) is 49.2 Å². The first-order valence-electron chi connectivity index (χ1n) is 22.8. The first-order valence-corrected chi connectivity index (χ1v) is 26.4. The molecule has 12 atom stereocenters. The minimum absolute atomic E-state index is 0.0881. The highest BCUT2D eigenvalue weighted by molar-refractivity contribution is 7.91. The molecule has 6 aliphatic rings. The molecule has 5 saturated carbocycles. The average molecular weight is 883 g/mol. The maximum absolute atomic E-state index is 13.2. The van der Waals surface area contributed by atoms with Gasteiger partial charge in [-0.1, -0.05) is 46.8 Å². The Morgan fingerprint density at radius 3 is 2.17 bits per heavy atom. The number of carbonyl (C=O) groups excluding carboxylic acids is 1. The number of carboxylic acids is 1. The molecule has 1 heterocycles. The van der Waals surface area contributed by atoms with Gasteiger partial charge >= 0.3 is 19.5 Å². The van der Waals surface area contributed by atoms with Crippen molar-refractivity contribution in [2.75, 3.05) is 51.7 Å². The molecule has 0 aromatic rings. The number of nitrogens with one attached hydrogen (secondary N) is 1. The van der Waals surface area contributed by atoms with Crippen molar-refractivity contribution in [1.82, 2.24) is 10.2 Å². The fourth-order valence-corrected chi connectivity index (χ4v) is 16.7. The normalized spacial score (nSPS) is 39.9. The number of hydrogen-bond acceptors (Lipinski definition) is 11. The summed E-state index contributed by atoms with van der Waals surface area (Å²) in [6.45, 7) is 25.9. The second-order valence-electron chi connectivity index (χ2n) is 22.2. The van der Waals surface area contributed by atoms with Gasteiger partial charge < -0.3 is 28.9 Å². The van der Waals surface area contributed by atoms with E-state index in [4.69, 9.17) is 18.5 Å². The highest BCUT2D eigenvalue weighted by Gasteiger charge is 2.71. The second kappa shape index (κ2) is 16.9. The molecule has 6 rings (SSSR count). The van der Waals surface area contributed by atoms with E-state index in [2.05, 4.69) is 58.3 Å². The van der Waals surface area contributed by atoms with Crippen molar-refractivity contribution in [2.45, 2.75) is 157 Å². The maximum Gasteiger partial charge on any atom is 0.355 e. The van der Waals surface area contributed by atoms with Gasteiger partial charge in [-0.15, -0.1) is 0 Å². The van der Waals surface area contributed by atoms with E-state index < -0.39 is 34.8 Å². The van der Waals surface area contributed by atoms with Crippen molar-refractivity contribution in [3.8, 4) is 0 Å². The first-order chi connectivity index (χ1) is 27.7. The number of fused-ring (bicyclic) bond motifs is 7. The number of ether oxygens (including phenoxy) is 2. The summed E-state index contributed by atoms with van der Waals surface area (Å²) in [6, 6.07) is -0.139. The van der Waals surface area contributed by atoms with Gasteiger partial charge in [0.25, 0.3) is 0 Å². The topological polar surface area (TPSA) is 158 Å². The van der Waals surface area contributed by atoms with Crippen LogP contribution in [-0.2, 0) is 42.5 Å². The van der Waals surface area contributed by atoms with Gasteiger partial charge in [-0.3, -0.25) is 19.1 Å². The minimum Gasteiger partial charge on any atom is -0.481 e. The third-order valence-corrected chi connectivity index (χ3v) is 21.7. The van der Waals surface area contributed by atoms with Crippen LogP contribution in [0.3, 0.4) is 0 Å². The largest absolute Gasteiger partial charge is 0.481 e. The highest BCUT2D eigenvalue weighted by Crippen LogP contribution is 2.76. The van der Waals surface area contributed by atoms with E-state index >= 15 is 0 Å². The Bertz CT molecular complexity index is 1780. The molecule has 1 saturated heterocycles. The van der Waals surface area contributed by atoms with Gasteiger partial charge in [0, 0.05) is 50.8 Å². The summed E-state index contributed by atoms with van der Waals surface area (Å²) in [4.78, 5) is 27.2. The molecular weight excluding hydrogens is 804 g/mol. The summed E-state index contributed by atoms with van der Waals surface area (Å²) in [5.41, 5.74) is 0.0954. The Labute approximate surface area is 361 Å². The standard InChI is InChI=1S/C46H79N2O10PS/c1-30(2)32-15-20-46(47-28-34(48-23-25-60(53,54)26-24-48)31(3)57-29-59(52,55-11)56-12)22-21-44(9)33(39(32)46)13-14-36-43(8)18-17-37(58-38(49)27-41(4,5)40(50)51)42(6,7)35(43)16-19-45(36,44)10/h31-37,39,47H,1,13-29H2,2-12H3,(H,50,51)/t31?,32-,33+,34?,35-,36+,37-,39+,43-,44+,45+,46-/m0/s1. The van der Waals surface area contributed by atoms with E-state index in [0.717, 1.165) is 57.8 Å². The molecule has 0 amide bonds. The molecule has 0 spiro atoms. The molecule has 2 N–H and O–H groups in total. The van der Waals surface area contributed by atoms with Crippen LogP contribution in [0.5, 0.6) is 0 Å². The fourth-order valence-electron chi connectivity index (χ4n) is 14.7. The third kappa shape index (κ3) is 8.39. The van der Waals surface area contributed by atoms with Crippen molar-refractivity contribution in [1.29, 1.82) is 0 Å². The van der Waals surface area contributed by atoms with Crippen LogP contribution in [0, 0.1) is 56.7 Å². The van der Waals surface area contributed by atoms with Crippen molar-refractivity contribution in [3.63, 3.8) is 0 Å². The molecular formula is C46H79N2O10PS. The molecule has 1 aliphatic heterocycles. The van der Waals surface area contributed by atoms with Gasteiger partial charge in [-0.2, -0.15) is 0 Å². The zero-order chi connectivity index (χ0) is 44.5. The highest BCUT2D eigenvalue weighted by atomic mass is 32.2. The number of sulfone groups is 1.